The second kappa shape index (κ2) is 6.24. The van der Waals surface area contributed by atoms with Gasteiger partial charge >= 0.3 is 0 Å². The van der Waals surface area contributed by atoms with Gasteiger partial charge in [0.05, 0.1) is 18.2 Å². The van der Waals surface area contributed by atoms with Crippen LogP contribution < -0.4 is 0 Å². The largest absolute Gasteiger partial charge is 0.370 e. The van der Waals surface area contributed by atoms with Crippen molar-refractivity contribution in [2.24, 2.45) is 0 Å². The average molecular weight is 344 g/mol. The third kappa shape index (κ3) is 2.95. The van der Waals surface area contributed by atoms with Crippen LogP contribution in [-0.4, -0.2) is 40.7 Å². The molecule has 22 heavy (non-hydrogen) atoms. The molecule has 2 heterocycles. The predicted octanol–water partition coefficient (Wildman–Crippen LogP) is 3.07. The van der Waals surface area contributed by atoms with Crippen LogP contribution in [0.15, 0.2) is 24.4 Å². The van der Waals surface area contributed by atoms with Gasteiger partial charge in [-0.1, -0.05) is 23.2 Å². The van der Waals surface area contributed by atoms with E-state index < -0.39 is 11.9 Å². The van der Waals surface area contributed by atoms with Gasteiger partial charge in [0.1, 0.15) is 17.6 Å². The smallest absolute Gasteiger partial charge is 0.272 e. The quantitative estimate of drug-likeness (QED) is 0.852. The lowest BCUT2D eigenvalue weighted by atomic mass is 10.1. The second-order valence-corrected chi connectivity index (χ2v) is 5.68. The lowest BCUT2D eigenvalue weighted by Gasteiger charge is -2.33. The lowest BCUT2D eigenvalue weighted by Crippen LogP contribution is -2.42. The molecule has 1 aliphatic heterocycles. The molecular formula is C14H12Cl2FN3O2. The van der Waals surface area contributed by atoms with Gasteiger partial charge in [0.2, 0.25) is 0 Å². The first kappa shape index (κ1) is 15.3. The molecular weight excluding hydrogens is 332 g/mol. The van der Waals surface area contributed by atoms with Crippen LogP contribution >= 0.6 is 23.2 Å². The number of carbonyl (C=O) groups excluding carboxylic acids is 1. The summed E-state index contributed by atoms with van der Waals surface area (Å²) in [6.07, 6.45) is 1.01. The van der Waals surface area contributed by atoms with E-state index in [0.717, 1.165) is 0 Å². The standard InChI is InChI=1S/C14H12Cl2FN3O2/c15-9-6-10(16)11(17)5-8(9)13-7-20(3-4-22-13)14(21)12-1-2-18-19-12/h1-2,5-6,13H,3-4,7H2,(H,18,19)/t13-/m0/s1. The zero-order valence-electron chi connectivity index (χ0n) is 11.4. The fraction of sp³-hybridized carbons (Fsp3) is 0.286. The van der Waals surface area contributed by atoms with Crippen molar-refractivity contribution in [2.45, 2.75) is 6.10 Å². The van der Waals surface area contributed by atoms with E-state index in [0.29, 0.717) is 29.4 Å². The molecule has 0 bridgehead atoms. The minimum atomic E-state index is -0.568. The SMILES string of the molecule is O=C(c1ccn[nH]1)N1CCO[C@H](c2cc(F)c(Cl)cc2Cl)C1. The molecule has 3 rings (SSSR count). The molecule has 0 spiro atoms. The van der Waals surface area contributed by atoms with Gasteiger partial charge in [-0.25, -0.2) is 4.39 Å². The van der Waals surface area contributed by atoms with Crippen LogP contribution in [0.4, 0.5) is 4.39 Å². The summed E-state index contributed by atoms with van der Waals surface area (Å²) in [6.45, 7) is 1.06. The Balaban J connectivity index is 1.81. The predicted molar refractivity (Wildman–Crippen MR) is 79.6 cm³/mol. The third-order valence-corrected chi connectivity index (χ3v) is 4.09. The molecule has 1 aliphatic rings. The van der Waals surface area contributed by atoms with E-state index in [2.05, 4.69) is 10.2 Å². The van der Waals surface area contributed by atoms with E-state index in [9.17, 15) is 9.18 Å². The molecule has 0 saturated carbocycles. The fourth-order valence-electron chi connectivity index (χ4n) is 2.35. The number of aromatic nitrogens is 2. The Hall–Kier alpha value is -1.63. The maximum absolute atomic E-state index is 13.7. The number of hydrogen-bond acceptors (Lipinski definition) is 3. The number of benzene rings is 1. The molecule has 1 N–H and O–H groups in total. The van der Waals surface area contributed by atoms with Gasteiger partial charge in [-0.2, -0.15) is 5.10 Å². The van der Waals surface area contributed by atoms with Gasteiger partial charge in [-0.05, 0) is 18.2 Å². The molecule has 0 radical (unpaired) electrons. The van der Waals surface area contributed by atoms with Crippen molar-refractivity contribution >= 4 is 29.1 Å². The van der Waals surface area contributed by atoms with Crippen molar-refractivity contribution in [2.75, 3.05) is 19.7 Å². The third-order valence-electron chi connectivity index (χ3n) is 3.47. The molecule has 1 amide bonds. The first-order chi connectivity index (χ1) is 10.6. The minimum absolute atomic E-state index is 0.0463. The first-order valence-corrected chi connectivity index (χ1v) is 7.36. The number of rotatable bonds is 2. The van der Waals surface area contributed by atoms with Gasteiger partial charge in [0.25, 0.3) is 5.91 Å². The van der Waals surface area contributed by atoms with Crippen molar-refractivity contribution in [1.82, 2.24) is 15.1 Å². The van der Waals surface area contributed by atoms with E-state index >= 15 is 0 Å². The average Bonchev–Trinajstić information content (AvgIpc) is 3.04. The number of hydrogen-bond donors (Lipinski definition) is 1. The van der Waals surface area contributed by atoms with Crippen molar-refractivity contribution in [3.8, 4) is 0 Å². The molecule has 0 unspecified atom stereocenters. The molecule has 0 aliphatic carbocycles. The summed E-state index contributed by atoms with van der Waals surface area (Å²) in [5.41, 5.74) is 0.875. The normalized spacial score (nSPS) is 18.5. The highest BCUT2D eigenvalue weighted by Crippen LogP contribution is 2.32. The first-order valence-electron chi connectivity index (χ1n) is 6.61. The number of amides is 1. The van der Waals surface area contributed by atoms with Gasteiger partial charge in [-0.3, -0.25) is 9.89 Å². The second-order valence-electron chi connectivity index (χ2n) is 4.87. The van der Waals surface area contributed by atoms with E-state index in [4.69, 9.17) is 27.9 Å². The Morgan fingerprint density at radius 1 is 1.41 bits per heavy atom. The Morgan fingerprint density at radius 2 is 2.23 bits per heavy atom. The Bertz CT molecular complexity index is 694. The minimum Gasteiger partial charge on any atom is -0.370 e. The highest BCUT2D eigenvalue weighted by Gasteiger charge is 2.28. The summed E-state index contributed by atoms with van der Waals surface area (Å²) < 4.78 is 19.3. The number of aromatic amines is 1. The summed E-state index contributed by atoms with van der Waals surface area (Å²) >= 11 is 11.8. The number of nitrogens with zero attached hydrogens (tertiary/aromatic N) is 2. The van der Waals surface area contributed by atoms with Crippen LogP contribution in [0.3, 0.4) is 0 Å². The topological polar surface area (TPSA) is 58.2 Å². The fourth-order valence-corrected chi connectivity index (χ4v) is 2.86. The molecule has 1 atom stereocenters. The van der Waals surface area contributed by atoms with E-state index in [1.165, 1.54) is 18.3 Å². The lowest BCUT2D eigenvalue weighted by molar-refractivity contribution is -0.0230. The Kier molecular flexibility index (Phi) is 4.33. The van der Waals surface area contributed by atoms with Crippen molar-refractivity contribution in [3.05, 3.63) is 51.5 Å². The molecule has 8 heteroatoms. The molecule has 1 fully saturated rings. The summed E-state index contributed by atoms with van der Waals surface area (Å²) in [7, 11) is 0. The van der Waals surface area contributed by atoms with Gasteiger partial charge in [0, 0.05) is 23.3 Å². The zero-order chi connectivity index (χ0) is 15.7. The molecule has 116 valence electrons. The summed E-state index contributed by atoms with van der Waals surface area (Å²) in [5.74, 6) is -0.752. The highest BCUT2D eigenvalue weighted by molar-refractivity contribution is 6.35. The zero-order valence-corrected chi connectivity index (χ0v) is 12.9. The van der Waals surface area contributed by atoms with E-state index in [1.807, 2.05) is 0 Å². The summed E-state index contributed by atoms with van der Waals surface area (Å²) in [4.78, 5) is 13.9. The maximum Gasteiger partial charge on any atom is 0.272 e. The number of nitrogens with one attached hydrogen (secondary N) is 1. The number of carbonyl (C=O) groups is 1. The van der Waals surface area contributed by atoms with E-state index in [1.54, 1.807) is 11.0 Å². The van der Waals surface area contributed by atoms with Gasteiger partial charge in [-0.15, -0.1) is 0 Å². The number of H-pyrrole nitrogens is 1. The van der Waals surface area contributed by atoms with Crippen LogP contribution in [-0.2, 0) is 4.74 Å². The summed E-state index contributed by atoms with van der Waals surface area (Å²) in [5, 5.41) is 6.66. The number of morpholine rings is 1. The number of halogens is 3. The van der Waals surface area contributed by atoms with Crippen molar-refractivity contribution in [3.63, 3.8) is 0 Å². The van der Waals surface area contributed by atoms with Crippen LogP contribution in [0, 0.1) is 5.82 Å². The molecule has 1 saturated heterocycles. The molecule has 5 nitrogen and oxygen atoms in total. The van der Waals surface area contributed by atoms with E-state index in [-0.39, 0.29) is 17.5 Å². The number of ether oxygens (including phenoxy) is 1. The molecule has 2 aromatic rings. The van der Waals surface area contributed by atoms with Crippen molar-refractivity contribution < 1.29 is 13.9 Å². The van der Waals surface area contributed by atoms with Gasteiger partial charge < -0.3 is 9.64 Å². The molecule has 1 aromatic heterocycles. The summed E-state index contributed by atoms with van der Waals surface area (Å²) in [6, 6.07) is 4.19. The molecule has 1 aromatic carbocycles. The highest BCUT2D eigenvalue weighted by atomic mass is 35.5. The maximum atomic E-state index is 13.7. The van der Waals surface area contributed by atoms with Gasteiger partial charge in [0.15, 0.2) is 0 Å². The monoisotopic (exact) mass is 343 g/mol. The van der Waals surface area contributed by atoms with Crippen LogP contribution in [0.1, 0.15) is 22.2 Å². The Morgan fingerprint density at radius 3 is 2.95 bits per heavy atom. The van der Waals surface area contributed by atoms with Crippen LogP contribution in [0.5, 0.6) is 0 Å². The Labute approximate surface area is 136 Å². The van der Waals surface area contributed by atoms with Crippen LogP contribution in [0.2, 0.25) is 10.0 Å². The van der Waals surface area contributed by atoms with Crippen LogP contribution in [0.25, 0.3) is 0 Å². The van der Waals surface area contributed by atoms with Crippen molar-refractivity contribution in [1.29, 1.82) is 0 Å².